The van der Waals surface area contributed by atoms with Gasteiger partial charge in [0.15, 0.2) is 16.6 Å². The predicted octanol–water partition coefficient (Wildman–Crippen LogP) is 3.33. The number of aromatic hydroxyl groups is 1. The molecule has 8 nitrogen and oxygen atoms in total. The van der Waals surface area contributed by atoms with Gasteiger partial charge in [-0.05, 0) is 33.8 Å². The van der Waals surface area contributed by atoms with Crippen LogP contribution in [0, 0.1) is 0 Å². The largest absolute Gasteiger partial charge is 0.507 e. The fourth-order valence-electron chi connectivity index (χ4n) is 3.18. The van der Waals surface area contributed by atoms with Crippen LogP contribution in [-0.2, 0) is 6.54 Å². The third kappa shape index (κ3) is 6.24. The van der Waals surface area contributed by atoms with Crippen molar-refractivity contribution in [2.75, 3.05) is 32.6 Å². The van der Waals surface area contributed by atoms with Gasteiger partial charge in [-0.2, -0.15) is 0 Å². The van der Waals surface area contributed by atoms with E-state index in [2.05, 4.69) is 48.2 Å². The van der Waals surface area contributed by atoms with Gasteiger partial charge in [0.2, 0.25) is 0 Å². The van der Waals surface area contributed by atoms with Crippen LogP contribution in [0.1, 0.15) is 43.7 Å². The number of phenols is 1. The van der Waals surface area contributed by atoms with E-state index in [0.717, 1.165) is 6.54 Å². The zero-order chi connectivity index (χ0) is 22.3. The summed E-state index contributed by atoms with van der Waals surface area (Å²) in [6, 6.07) is 4.06. The zero-order valence-corrected chi connectivity index (χ0v) is 19.3. The molecule has 0 radical (unpaired) electrons. The molecule has 0 aliphatic carbocycles. The number of thiazole rings is 1. The van der Waals surface area contributed by atoms with Gasteiger partial charge in [-0.25, -0.2) is 4.98 Å². The maximum Gasteiger partial charge on any atom is 0.270 e. The van der Waals surface area contributed by atoms with E-state index >= 15 is 0 Å². The Labute approximate surface area is 182 Å². The lowest BCUT2D eigenvalue weighted by atomic mass is 10.1. The molecule has 9 heteroatoms. The standard InChI is InChI=1S/C21H32N4O4S/c1-13(2)25(14(3)4)8-7-22-20(27)16-12-30-21(24-16)23-11-15-9-18(28-5)19(29-6)10-17(15)26/h9-10,12-14,26H,7-8,11H2,1-6H3,(H,22,27)(H,23,24). The van der Waals surface area contributed by atoms with Crippen molar-refractivity contribution in [1.82, 2.24) is 15.2 Å². The number of amides is 1. The van der Waals surface area contributed by atoms with E-state index in [1.165, 1.54) is 24.5 Å². The van der Waals surface area contributed by atoms with Gasteiger partial charge in [0.25, 0.3) is 5.91 Å². The lowest BCUT2D eigenvalue weighted by Gasteiger charge is -2.30. The smallest absolute Gasteiger partial charge is 0.270 e. The van der Waals surface area contributed by atoms with Gasteiger partial charge in [0.1, 0.15) is 11.4 Å². The summed E-state index contributed by atoms with van der Waals surface area (Å²) in [5, 5.41) is 18.5. The van der Waals surface area contributed by atoms with Crippen molar-refractivity contribution in [1.29, 1.82) is 0 Å². The van der Waals surface area contributed by atoms with E-state index in [1.54, 1.807) is 18.6 Å². The van der Waals surface area contributed by atoms with E-state index in [0.29, 0.717) is 53.1 Å². The summed E-state index contributed by atoms with van der Waals surface area (Å²) in [5.74, 6) is 0.888. The second kappa shape index (κ2) is 11.0. The topological polar surface area (TPSA) is 96.0 Å². The molecule has 1 heterocycles. The second-order valence-electron chi connectivity index (χ2n) is 7.41. The number of nitrogens with zero attached hydrogens (tertiary/aromatic N) is 2. The van der Waals surface area contributed by atoms with Crippen LogP contribution in [0.25, 0.3) is 0 Å². The van der Waals surface area contributed by atoms with Gasteiger partial charge in [0.05, 0.1) is 14.2 Å². The summed E-state index contributed by atoms with van der Waals surface area (Å²) < 4.78 is 10.4. The van der Waals surface area contributed by atoms with Crippen molar-refractivity contribution in [3.05, 3.63) is 28.8 Å². The molecule has 0 saturated heterocycles. The summed E-state index contributed by atoms with van der Waals surface area (Å²) in [4.78, 5) is 19.0. The third-order valence-electron chi connectivity index (χ3n) is 4.73. The average Bonchev–Trinajstić information content (AvgIpc) is 3.18. The second-order valence-corrected chi connectivity index (χ2v) is 8.27. The molecular weight excluding hydrogens is 404 g/mol. The highest BCUT2D eigenvalue weighted by molar-refractivity contribution is 7.13. The van der Waals surface area contributed by atoms with Crippen LogP contribution in [0.4, 0.5) is 5.13 Å². The molecule has 0 atom stereocenters. The highest BCUT2D eigenvalue weighted by Gasteiger charge is 2.15. The summed E-state index contributed by atoms with van der Waals surface area (Å²) in [6.45, 7) is 10.3. The van der Waals surface area contributed by atoms with Crippen molar-refractivity contribution in [2.45, 2.75) is 46.3 Å². The Hall–Kier alpha value is -2.52. The number of hydrogen-bond donors (Lipinski definition) is 3. The van der Waals surface area contributed by atoms with Crippen LogP contribution < -0.4 is 20.1 Å². The number of methoxy groups -OCH3 is 2. The summed E-state index contributed by atoms with van der Waals surface area (Å²) in [6.07, 6.45) is 0. The average molecular weight is 437 g/mol. The number of aromatic nitrogens is 1. The Kier molecular flexibility index (Phi) is 8.73. The van der Waals surface area contributed by atoms with Gasteiger partial charge >= 0.3 is 0 Å². The molecule has 30 heavy (non-hydrogen) atoms. The molecule has 0 saturated carbocycles. The fourth-order valence-corrected chi connectivity index (χ4v) is 3.87. The van der Waals surface area contributed by atoms with E-state index in [-0.39, 0.29) is 11.7 Å². The quantitative estimate of drug-likeness (QED) is 0.497. The summed E-state index contributed by atoms with van der Waals surface area (Å²) >= 11 is 1.34. The van der Waals surface area contributed by atoms with Gasteiger partial charge in [-0.1, -0.05) is 0 Å². The number of benzene rings is 1. The predicted molar refractivity (Wildman–Crippen MR) is 120 cm³/mol. The molecule has 0 spiro atoms. The first kappa shape index (κ1) is 23.8. The Morgan fingerprint density at radius 2 is 1.80 bits per heavy atom. The van der Waals surface area contributed by atoms with Gasteiger partial charge in [-0.15, -0.1) is 11.3 Å². The molecule has 166 valence electrons. The lowest BCUT2D eigenvalue weighted by Crippen LogP contribution is -2.42. The molecule has 0 bridgehead atoms. The first-order valence-electron chi connectivity index (χ1n) is 9.94. The van der Waals surface area contributed by atoms with E-state index in [1.807, 2.05) is 0 Å². The number of carbonyl (C=O) groups is 1. The highest BCUT2D eigenvalue weighted by atomic mass is 32.1. The molecule has 1 aromatic carbocycles. The molecule has 3 N–H and O–H groups in total. The Morgan fingerprint density at radius 1 is 1.17 bits per heavy atom. The molecule has 2 aromatic rings. The molecule has 0 unspecified atom stereocenters. The first-order chi connectivity index (χ1) is 14.3. The fraction of sp³-hybridized carbons (Fsp3) is 0.524. The number of nitrogens with one attached hydrogen (secondary N) is 2. The Balaban J connectivity index is 1.91. The van der Waals surface area contributed by atoms with Gasteiger partial charge < -0.3 is 25.2 Å². The van der Waals surface area contributed by atoms with Crippen LogP contribution in [0.3, 0.4) is 0 Å². The van der Waals surface area contributed by atoms with E-state index in [9.17, 15) is 9.90 Å². The van der Waals surface area contributed by atoms with Crippen LogP contribution in [0.2, 0.25) is 0 Å². The molecule has 0 aliphatic heterocycles. The van der Waals surface area contributed by atoms with Crippen molar-refractivity contribution >= 4 is 22.4 Å². The van der Waals surface area contributed by atoms with Crippen molar-refractivity contribution in [3.63, 3.8) is 0 Å². The zero-order valence-electron chi connectivity index (χ0n) is 18.5. The maximum atomic E-state index is 12.4. The van der Waals surface area contributed by atoms with Crippen molar-refractivity contribution in [3.8, 4) is 17.2 Å². The minimum atomic E-state index is -0.194. The van der Waals surface area contributed by atoms with Crippen LogP contribution >= 0.6 is 11.3 Å². The molecule has 0 aliphatic rings. The van der Waals surface area contributed by atoms with Gasteiger partial charge in [0, 0.05) is 48.7 Å². The third-order valence-corrected chi connectivity index (χ3v) is 5.53. The molecular formula is C21H32N4O4S. The number of rotatable bonds is 11. The van der Waals surface area contributed by atoms with E-state index < -0.39 is 0 Å². The van der Waals surface area contributed by atoms with Crippen molar-refractivity contribution in [2.24, 2.45) is 0 Å². The molecule has 0 fully saturated rings. The van der Waals surface area contributed by atoms with Crippen LogP contribution in [0.5, 0.6) is 17.2 Å². The summed E-state index contributed by atoms with van der Waals surface area (Å²) in [5.41, 5.74) is 1.01. The molecule has 1 aromatic heterocycles. The van der Waals surface area contributed by atoms with E-state index in [4.69, 9.17) is 9.47 Å². The van der Waals surface area contributed by atoms with Crippen LogP contribution in [-0.4, -0.2) is 60.3 Å². The number of anilines is 1. The highest BCUT2D eigenvalue weighted by Crippen LogP contribution is 2.34. The minimum Gasteiger partial charge on any atom is -0.507 e. The summed E-state index contributed by atoms with van der Waals surface area (Å²) in [7, 11) is 3.06. The SMILES string of the molecule is COc1cc(O)c(CNc2nc(C(=O)NCCN(C(C)C)C(C)C)cs2)cc1OC. The van der Waals surface area contributed by atoms with Crippen molar-refractivity contribution < 1.29 is 19.4 Å². The molecule has 1 amide bonds. The minimum absolute atomic E-state index is 0.0922. The Morgan fingerprint density at radius 3 is 2.40 bits per heavy atom. The molecule has 2 rings (SSSR count). The van der Waals surface area contributed by atoms with Crippen LogP contribution in [0.15, 0.2) is 17.5 Å². The lowest BCUT2D eigenvalue weighted by molar-refractivity contribution is 0.0935. The van der Waals surface area contributed by atoms with Gasteiger partial charge in [-0.3, -0.25) is 9.69 Å². The first-order valence-corrected chi connectivity index (χ1v) is 10.8. The maximum absolute atomic E-state index is 12.4. The number of ether oxygens (including phenoxy) is 2. The number of carbonyl (C=O) groups excluding carboxylic acids is 1. The Bertz CT molecular complexity index is 830. The number of hydrogen-bond acceptors (Lipinski definition) is 8. The monoisotopic (exact) mass is 436 g/mol. The normalized spacial score (nSPS) is 11.2. The number of phenolic OH excluding ortho intramolecular Hbond substituents is 1.